The minimum Gasteiger partial charge on any atom is -0.459 e. The van der Waals surface area contributed by atoms with Gasteiger partial charge in [0.1, 0.15) is 49.7 Å². The van der Waals surface area contributed by atoms with Crippen LogP contribution in [0.5, 0.6) is 0 Å². The first-order chi connectivity index (χ1) is 30.1. The van der Waals surface area contributed by atoms with E-state index in [-0.39, 0.29) is 39.3 Å². The number of esters is 1. The Morgan fingerprint density at radius 1 is 0.635 bits per heavy atom. The molecule has 3 aromatic carbocycles. The molecule has 0 aliphatic heterocycles. The van der Waals surface area contributed by atoms with Crippen molar-refractivity contribution >= 4 is 35.9 Å². The fourth-order valence-electron chi connectivity index (χ4n) is 5.90. The molecule has 63 heavy (non-hydrogen) atoms. The van der Waals surface area contributed by atoms with Gasteiger partial charge in [0.05, 0.1) is 18.6 Å². The maximum Gasteiger partial charge on any atom is 0.408 e. The van der Waals surface area contributed by atoms with Crippen LogP contribution in [0.2, 0.25) is 0 Å². The standard InChI is InChI=1S/C46H59N7O10/c1-32(49-42(56)39(52-45(59)63-46(3,4)5)25-37-26-53(30-48-37)31-60-27-34-17-9-6-10-18-34)40(54)51-38(23-15-16-24-47-44(58)62-29-36-21-13-8-14-22-36)41(55)50-33(2)43(57)61-28-35-19-11-7-12-20-35/h6-14,17-22,26,30,32-33,38-39H,15-16,23-25,27-29,31H2,1-5H3,(H,47,58)(H,49,56)(H,50,55)(H,51,54)(H,52,59)/t32-,33-,38+,39+/m1/s1. The molecular formula is C46H59N7O10. The van der Waals surface area contributed by atoms with Crippen LogP contribution >= 0.6 is 0 Å². The Morgan fingerprint density at radius 2 is 1.19 bits per heavy atom. The van der Waals surface area contributed by atoms with E-state index in [0.717, 1.165) is 16.7 Å². The maximum atomic E-state index is 13.7. The summed E-state index contributed by atoms with van der Waals surface area (Å²) in [6, 6.07) is 23.3. The summed E-state index contributed by atoms with van der Waals surface area (Å²) in [4.78, 5) is 83.3. The number of nitrogens with zero attached hydrogens (tertiary/aromatic N) is 2. The molecule has 17 nitrogen and oxygen atoms in total. The van der Waals surface area contributed by atoms with E-state index < -0.39 is 65.6 Å². The summed E-state index contributed by atoms with van der Waals surface area (Å²) in [5.41, 5.74) is 2.21. The van der Waals surface area contributed by atoms with Gasteiger partial charge in [0.2, 0.25) is 17.7 Å². The summed E-state index contributed by atoms with van der Waals surface area (Å²) in [7, 11) is 0. The van der Waals surface area contributed by atoms with Gasteiger partial charge >= 0.3 is 18.2 Å². The van der Waals surface area contributed by atoms with Gasteiger partial charge < -0.3 is 50.1 Å². The minimum atomic E-state index is -1.21. The third-order valence-corrected chi connectivity index (χ3v) is 9.18. The number of benzene rings is 3. The Labute approximate surface area is 368 Å². The maximum absolute atomic E-state index is 13.7. The fourth-order valence-corrected chi connectivity index (χ4v) is 5.90. The van der Waals surface area contributed by atoms with Gasteiger partial charge in [-0.1, -0.05) is 91.0 Å². The van der Waals surface area contributed by atoms with Crippen LogP contribution in [0.25, 0.3) is 0 Å². The molecule has 0 radical (unpaired) electrons. The normalized spacial score (nSPS) is 13.0. The van der Waals surface area contributed by atoms with E-state index in [1.54, 1.807) is 50.0 Å². The van der Waals surface area contributed by atoms with Gasteiger partial charge in [-0.15, -0.1) is 0 Å². The van der Waals surface area contributed by atoms with Crippen molar-refractivity contribution in [1.29, 1.82) is 0 Å². The number of hydrogen-bond acceptors (Lipinski definition) is 11. The molecular weight excluding hydrogens is 811 g/mol. The number of nitrogens with one attached hydrogen (secondary N) is 5. The van der Waals surface area contributed by atoms with Crippen LogP contribution in [0.4, 0.5) is 9.59 Å². The van der Waals surface area contributed by atoms with E-state index in [1.165, 1.54) is 13.8 Å². The number of aromatic nitrogens is 2. The summed E-state index contributed by atoms with van der Waals surface area (Å²) in [5, 5.41) is 13.2. The van der Waals surface area contributed by atoms with E-state index in [2.05, 4.69) is 31.6 Å². The predicted octanol–water partition coefficient (Wildman–Crippen LogP) is 4.83. The Bertz CT molecular complexity index is 2060. The average molecular weight is 870 g/mol. The smallest absolute Gasteiger partial charge is 0.408 e. The lowest BCUT2D eigenvalue weighted by Crippen LogP contribution is -2.57. The third kappa shape index (κ3) is 18.8. The van der Waals surface area contributed by atoms with Gasteiger partial charge in [0.15, 0.2) is 0 Å². The summed E-state index contributed by atoms with van der Waals surface area (Å²) < 4.78 is 23.5. The minimum absolute atomic E-state index is 0.00683. The first kappa shape index (κ1) is 48.9. The number of amides is 5. The topological polar surface area (TPSA) is 217 Å². The van der Waals surface area contributed by atoms with Crippen molar-refractivity contribution in [2.24, 2.45) is 0 Å². The molecule has 0 saturated carbocycles. The fraction of sp³-hybridized carbons (Fsp3) is 0.413. The van der Waals surface area contributed by atoms with Gasteiger partial charge in [-0.3, -0.25) is 14.4 Å². The molecule has 4 aromatic rings. The summed E-state index contributed by atoms with van der Waals surface area (Å²) in [6.45, 7) is 8.87. The van der Waals surface area contributed by atoms with E-state index in [1.807, 2.05) is 78.9 Å². The molecule has 0 unspecified atom stereocenters. The largest absolute Gasteiger partial charge is 0.459 e. The van der Waals surface area contributed by atoms with Crippen LogP contribution in [-0.2, 0) is 71.1 Å². The van der Waals surface area contributed by atoms with Crippen LogP contribution in [0.3, 0.4) is 0 Å². The summed E-state index contributed by atoms with van der Waals surface area (Å²) >= 11 is 0. The van der Waals surface area contributed by atoms with Crippen molar-refractivity contribution in [2.75, 3.05) is 6.54 Å². The quantitative estimate of drug-likeness (QED) is 0.0387. The van der Waals surface area contributed by atoms with Crippen LogP contribution in [-0.4, -0.2) is 81.7 Å². The van der Waals surface area contributed by atoms with Crippen molar-refractivity contribution in [2.45, 2.75) is 117 Å². The van der Waals surface area contributed by atoms with Gasteiger partial charge in [-0.25, -0.2) is 19.4 Å². The SMILES string of the molecule is C[C@@H](NC(=O)[C@H](Cc1cn(COCc2ccccc2)cn1)NC(=O)OC(C)(C)C)C(=O)N[C@@H](CCCCNC(=O)OCc1ccccc1)C(=O)N[C@H](C)C(=O)OCc1ccccc1. The zero-order valence-corrected chi connectivity index (χ0v) is 36.5. The zero-order chi connectivity index (χ0) is 45.6. The second kappa shape index (κ2) is 25.2. The van der Waals surface area contributed by atoms with Gasteiger partial charge in [0, 0.05) is 19.2 Å². The molecule has 4 rings (SSSR count). The van der Waals surface area contributed by atoms with E-state index in [0.29, 0.717) is 25.1 Å². The molecule has 17 heteroatoms. The Balaban J connectivity index is 1.36. The van der Waals surface area contributed by atoms with Crippen LogP contribution < -0.4 is 26.6 Å². The molecule has 5 N–H and O–H groups in total. The van der Waals surface area contributed by atoms with Crippen molar-refractivity contribution in [3.8, 4) is 0 Å². The molecule has 1 aromatic heterocycles. The number of rotatable bonds is 23. The molecule has 0 aliphatic carbocycles. The average Bonchev–Trinajstić information content (AvgIpc) is 3.71. The molecule has 4 atom stereocenters. The van der Waals surface area contributed by atoms with Crippen LogP contribution in [0.15, 0.2) is 104 Å². The van der Waals surface area contributed by atoms with Crippen molar-refractivity contribution in [3.63, 3.8) is 0 Å². The molecule has 0 spiro atoms. The highest BCUT2D eigenvalue weighted by molar-refractivity contribution is 5.94. The van der Waals surface area contributed by atoms with Gasteiger partial charge in [-0.2, -0.15) is 0 Å². The van der Waals surface area contributed by atoms with Crippen molar-refractivity contribution in [3.05, 3.63) is 126 Å². The molecule has 1 heterocycles. The number of unbranched alkanes of at least 4 members (excludes halogenated alkanes) is 1. The summed E-state index contributed by atoms with van der Waals surface area (Å²) in [6.07, 6.45) is 2.63. The second-order valence-corrected chi connectivity index (χ2v) is 15.8. The Kier molecular flexibility index (Phi) is 19.6. The highest BCUT2D eigenvalue weighted by Crippen LogP contribution is 2.11. The van der Waals surface area contributed by atoms with Crippen LogP contribution in [0.1, 0.15) is 76.3 Å². The molecule has 338 valence electrons. The number of ether oxygens (including phenoxy) is 4. The lowest BCUT2D eigenvalue weighted by atomic mass is 10.1. The van der Waals surface area contributed by atoms with E-state index in [9.17, 15) is 28.8 Å². The van der Waals surface area contributed by atoms with E-state index in [4.69, 9.17) is 18.9 Å². The molecule has 0 fully saturated rings. The molecule has 0 aliphatic rings. The summed E-state index contributed by atoms with van der Waals surface area (Å²) in [5.74, 6) is -2.75. The number of carbonyl (C=O) groups is 6. The number of hydrogen-bond donors (Lipinski definition) is 5. The third-order valence-electron chi connectivity index (χ3n) is 9.18. The van der Waals surface area contributed by atoms with Crippen molar-refractivity contribution in [1.82, 2.24) is 36.1 Å². The Hall–Kier alpha value is -6.75. The van der Waals surface area contributed by atoms with Crippen LogP contribution in [0, 0.1) is 0 Å². The lowest BCUT2D eigenvalue weighted by Gasteiger charge is -2.25. The highest BCUT2D eigenvalue weighted by atomic mass is 16.6. The molecule has 0 saturated heterocycles. The number of alkyl carbamates (subject to hydrolysis) is 2. The van der Waals surface area contributed by atoms with Crippen molar-refractivity contribution < 1.29 is 47.7 Å². The predicted molar refractivity (Wildman–Crippen MR) is 232 cm³/mol. The first-order valence-corrected chi connectivity index (χ1v) is 20.8. The lowest BCUT2D eigenvalue weighted by molar-refractivity contribution is -0.148. The first-order valence-electron chi connectivity index (χ1n) is 20.8. The second-order valence-electron chi connectivity index (χ2n) is 15.8. The highest BCUT2D eigenvalue weighted by Gasteiger charge is 2.30. The number of carbonyl (C=O) groups excluding carboxylic acids is 6. The monoisotopic (exact) mass is 869 g/mol. The van der Waals surface area contributed by atoms with Gasteiger partial charge in [-0.05, 0) is 70.6 Å². The zero-order valence-electron chi connectivity index (χ0n) is 36.5. The van der Waals surface area contributed by atoms with E-state index >= 15 is 0 Å². The number of imidazole rings is 1. The van der Waals surface area contributed by atoms with Gasteiger partial charge in [0.25, 0.3) is 0 Å². The molecule has 0 bridgehead atoms. The Morgan fingerprint density at radius 3 is 1.79 bits per heavy atom. The molecule has 5 amide bonds.